The van der Waals surface area contributed by atoms with Crippen LogP contribution in [0.1, 0.15) is 15.9 Å². The third-order valence-electron chi connectivity index (χ3n) is 3.77. The predicted octanol–water partition coefficient (Wildman–Crippen LogP) is 1.80. The summed E-state index contributed by atoms with van der Waals surface area (Å²) < 4.78 is 5.07. The maximum atomic E-state index is 12.6. The van der Waals surface area contributed by atoms with E-state index in [2.05, 4.69) is 5.32 Å². The molecule has 0 radical (unpaired) electrons. The highest BCUT2D eigenvalue weighted by atomic mass is 16.5. The molecule has 1 amide bonds. The van der Waals surface area contributed by atoms with Crippen LogP contribution in [0.3, 0.4) is 0 Å². The van der Waals surface area contributed by atoms with Gasteiger partial charge in [-0.25, -0.2) is 0 Å². The van der Waals surface area contributed by atoms with Gasteiger partial charge >= 0.3 is 0 Å². The van der Waals surface area contributed by atoms with Crippen LogP contribution in [-0.2, 0) is 11.2 Å². The van der Waals surface area contributed by atoms with Crippen molar-refractivity contribution in [2.45, 2.75) is 12.0 Å². The van der Waals surface area contributed by atoms with Gasteiger partial charge in [-0.1, -0.05) is 30.3 Å². The number of carbonyl (C=O) groups is 2. The first-order chi connectivity index (χ1) is 10.5. The van der Waals surface area contributed by atoms with E-state index in [4.69, 9.17) is 4.74 Å². The average Bonchev–Trinajstić information content (AvgIpc) is 2.53. The number of nitrogens with one attached hydrogen (secondary N) is 1. The van der Waals surface area contributed by atoms with E-state index in [1.807, 2.05) is 6.07 Å². The minimum Gasteiger partial charge on any atom is -0.497 e. The topological polar surface area (TPSA) is 75.6 Å². The number of amides is 1. The van der Waals surface area contributed by atoms with Gasteiger partial charge in [0.2, 0.25) is 11.4 Å². The summed E-state index contributed by atoms with van der Waals surface area (Å²) in [5.41, 5.74) is -0.750. The number of hydrogen-bond acceptors (Lipinski definition) is 4. The number of fused-ring (bicyclic) bond motifs is 1. The number of Topliss-reactive ketones (excluding diaryl/α,β-unsaturated/α-hetero) is 1. The molecule has 0 saturated heterocycles. The normalized spacial score (nSPS) is 20.3. The zero-order valence-electron chi connectivity index (χ0n) is 12.0. The quantitative estimate of drug-likeness (QED) is 0.847. The fourth-order valence-electron chi connectivity index (χ4n) is 2.56. The molecule has 1 aliphatic heterocycles. The van der Waals surface area contributed by atoms with Gasteiger partial charge in [-0.3, -0.25) is 9.59 Å². The Hall–Kier alpha value is -2.66. The Labute approximate surface area is 127 Å². The summed E-state index contributed by atoms with van der Waals surface area (Å²) in [4.78, 5) is 24.9. The van der Waals surface area contributed by atoms with Gasteiger partial charge < -0.3 is 15.2 Å². The summed E-state index contributed by atoms with van der Waals surface area (Å²) in [6.45, 7) is 0. The minimum atomic E-state index is -2.09. The lowest BCUT2D eigenvalue weighted by Gasteiger charge is -2.31. The molecule has 2 aromatic carbocycles. The third kappa shape index (κ3) is 2.25. The van der Waals surface area contributed by atoms with Crippen LogP contribution in [0.25, 0.3) is 0 Å². The molecule has 2 aromatic rings. The van der Waals surface area contributed by atoms with Crippen LogP contribution in [0.5, 0.6) is 5.75 Å². The number of methoxy groups -OCH3 is 1. The van der Waals surface area contributed by atoms with Gasteiger partial charge in [0.1, 0.15) is 5.75 Å². The first-order valence-corrected chi connectivity index (χ1v) is 6.85. The Balaban J connectivity index is 2.00. The van der Waals surface area contributed by atoms with Crippen LogP contribution < -0.4 is 10.1 Å². The summed E-state index contributed by atoms with van der Waals surface area (Å²) in [5.74, 6) is -0.791. The number of ketones is 1. The molecule has 0 aromatic heterocycles. The van der Waals surface area contributed by atoms with E-state index in [1.54, 1.807) is 42.5 Å². The van der Waals surface area contributed by atoms with Gasteiger partial charge in [0.25, 0.3) is 5.91 Å². The van der Waals surface area contributed by atoms with E-state index in [1.165, 1.54) is 7.11 Å². The fourth-order valence-corrected chi connectivity index (χ4v) is 2.56. The minimum absolute atomic E-state index is 0.0655. The molecular weight excluding hydrogens is 282 g/mol. The molecule has 5 heteroatoms. The second-order valence-corrected chi connectivity index (χ2v) is 5.22. The first kappa shape index (κ1) is 14.3. The number of rotatable bonds is 3. The molecule has 3 rings (SSSR count). The van der Waals surface area contributed by atoms with Gasteiger partial charge in [-0.15, -0.1) is 0 Å². The molecular formula is C17H15NO4. The standard InChI is InChI=1S/C17H15NO4/c1-22-12-7-8-13-14(9-12)18-16(20)17(21,15(13)19)10-11-5-3-2-4-6-11/h2-9,21H,10H2,1H3,(H,18,20). The van der Waals surface area contributed by atoms with Crippen molar-refractivity contribution in [3.63, 3.8) is 0 Å². The third-order valence-corrected chi connectivity index (χ3v) is 3.77. The fraction of sp³-hybridized carbons (Fsp3) is 0.176. The molecule has 5 nitrogen and oxygen atoms in total. The van der Waals surface area contributed by atoms with Crippen molar-refractivity contribution in [3.8, 4) is 5.75 Å². The molecule has 1 aliphatic rings. The molecule has 0 aliphatic carbocycles. The highest BCUT2D eigenvalue weighted by molar-refractivity contribution is 6.26. The maximum Gasteiger partial charge on any atom is 0.264 e. The monoisotopic (exact) mass is 297 g/mol. The van der Waals surface area contributed by atoms with Crippen molar-refractivity contribution in [3.05, 3.63) is 59.7 Å². The van der Waals surface area contributed by atoms with Crippen LogP contribution in [-0.4, -0.2) is 29.5 Å². The summed E-state index contributed by atoms with van der Waals surface area (Å²) >= 11 is 0. The van der Waals surface area contributed by atoms with E-state index in [0.717, 1.165) is 0 Å². The van der Waals surface area contributed by atoms with Crippen LogP contribution in [0.4, 0.5) is 5.69 Å². The van der Waals surface area contributed by atoms with Crippen LogP contribution in [0.15, 0.2) is 48.5 Å². The molecule has 0 bridgehead atoms. The Kier molecular flexibility index (Phi) is 3.42. The summed E-state index contributed by atoms with van der Waals surface area (Å²) in [7, 11) is 1.50. The number of benzene rings is 2. The number of aliphatic hydroxyl groups is 1. The Bertz CT molecular complexity index is 742. The van der Waals surface area contributed by atoms with E-state index in [0.29, 0.717) is 17.0 Å². The lowest BCUT2D eigenvalue weighted by molar-refractivity contribution is -0.130. The van der Waals surface area contributed by atoms with Crippen LogP contribution in [0, 0.1) is 0 Å². The van der Waals surface area contributed by atoms with Crippen molar-refractivity contribution in [2.24, 2.45) is 0 Å². The lowest BCUT2D eigenvalue weighted by Crippen LogP contribution is -2.54. The largest absolute Gasteiger partial charge is 0.497 e. The van der Waals surface area contributed by atoms with Gasteiger partial charge in [0.05, 0.1) is 12.8 Å². The molecule has 22 heavy (non-hydrogen) atoms. The SMILES string of the molecule is COc1ccc2c(c1)NC(=O)C(O)(Cc1ccccc1)C2=O. The Morgan fingerprint density at radius 3 is 2.55 bits per heavy atom. The van der Waals surface area contributed by atoms with Crippen molar-refractivity contribution in [1.82, 2.24) is 0 Å². The van der Waals surface area contributed by atoms with Crippen LogP contribution in [0.2, 0.25) is 0 Å². The second kappa shape index (κ2) is 5.27. The first-order valence-electron chi connectivity index (χ1n) is 6.85. The summed E-state index contributed by atoms with van der Waals surface area (Å²) in [5, 5.41) is 13.2. The number of carbonyl (C=O) groups excluding carboxylic acids is 2. The molecule has 0 saturated carbocycles. The average molecular weight is 297 g/mol. The molecule has 1 unspecified atom stereocenters. The van der Waals surface area contributed by atoms with E-state index in [-0.39, 0.29) is 12.0 Å². The number of ether oxygens (including phenoxy) is 1. The molecule has 1 atom stereocenters. The molecule has 1 heterocycles. The van der Waals surface area contributed by atoms with Crippen molar-refractivity contribution >= 4 is 17.4 Å². The Morgan fingerprint density at radius 1 is 1.14 bits per heavy atom. The highest BCUT2D eigenvalue weighted by Gasteiger charge is 2.48. The molecule has 0 spiro atoms. The van der Waals surface area contributed by atoms with E-state index < -0.39 is 17.3 Å². The zero-order valence-corrected chi connectivity index (χ0v) is 12.0. The van der Waals surface area contributed by atoms with Crippen LogP contribution >= 0.6 is 0 Å². The second-order valence-electron chi connectivity index (χ2n) is 5.22. The number of anilines is 1. The van der Waals surface area contributed by atoms with Crippen molar-refractivity contribution in [1.29, 1.82) is 0 Å². The lowest BCUT2D eigenvalue weighted by atomic mass is 9.82. The van der Waals surface area contributed by atoms with Gasteiger partial charge in [-0.2, -0.15) is 0 Å². The summed E-state index contributed by atoms with van der Waals surface area (Å²) in [6, 6.07) is 13.7. The van der Waals surface area contributed by atoms with Crippen molar-refractivity contribution < 1.29 is 19.4 Å². The highest BCUT2D eigenvalue weighted by Crippen LogP contribution is 2.32. The van der Waals surface area contributed by atoms with Gasteiger partial charge in [-0.05, 0) is 17.7 Å². The van der Waals surface area contributed by atoms with Gasteiger partial charge in [0, 0.05) is 18.1 Å². The molecule has 112 valence electrons. The zero-order chi connectivity index (χ0) is 15.7. The smallest absolute Gasteiger partial charge is 0.264 e. The Morgan fingerprint density at radius 2 is 1.86 bits per heavy atom. The molecule has 2 N–H and O–H groups in total. The number of hydrogen-bond donors (Lipinski definition) is 2. The predicted molar refractivity (Wildman–Crippen MR) is 81.1 cm³/mol. The van der Waals surface area contributed by atoms with E-state index >= 15 is 0 Å². The molecule has 0 fully saturated rings. The van der Waals surface area contributed by atoms with Gasteiger partial charge in [0.15, 0.2) is 0 Å². The van der Waals surface area contributed by atoms with Crippen molar-refractivity contribution in [2.75, 3.05) is 12.4 Å². The summed E-state index contributed by atoms with van der Waals surface area (Å²) in [6.07, 6.45) is -0.0655. The maximum absolute atomic E-state index is 12.6. The van der Waals surface area contributed by atoms with E-state index in [9.17, 15) is 14.7 Å².